The summed E-state index contributed by atoms with van der Waals surface area (Å²) in [5.41, 5.74) is 1.09. The number of rotatable bonds is 8. The van der Waals surface area contributed by atoms with Crippen molar-refractivity contribution in [2.24, 2.45) is 11.1 Å². The first-order valence-corrected chi connectivity index (χ1v) is 9.77. The van der Waals surface area contributed by atoms with E-state index in [1.54, 1.807) is 11.6 Å². The number of carboxylic acids is 1. The van der Waals surface area contributed by atoms with E-state index in [1.165, 1.54) is 18.4 Å². The summed E-state index contributed by atoms with van der Waals surface area (Å²) in [6.45, 7) is 2.51. The fourth-order valence-corrected chi connectivity index (χ4v) is 3.88. The number of aromatic carboxylic acids is 1. The van der Waals surface area contributed by atoms with E-state index < -0.39 is 5.97 Å². The standard InChI is InChI=1S/C19H23N3O4S/c1-25-20-12-15-2-4-16(5-3-15)26-11-8-14-6-9-22(10-7-14)19-21-17(13-27-19)18(23)24/h2-5,12-14H,6-11H2,1H3,(H,23,24)/b20-12+. The Morgan fingerprint density at radius 3 is 2.74 bits per heavy atom. The molecule has 8 heteroatoms. The highest BCUT2D eigenvalue weighted by Gasteiger charge is 2.22. The number of hydrogen-bond donors (Lipinski definition) is 1. The maximum absolute atomic E-state index is 10.9. The Morgan fingerprint density at radius 2 is 2.11 bits per heavy atom. The van der Waals surface area contributed by atoms with Crippen molar-refractivity contribution in [2.75, 3.05) is 31.7 Å². The summed E-state index contributed by atoms with van der Waals surface area (Å²) in [4.78, 5) is 22.0. The lowest BCUT2D eigenvalue weighted by atomic mass is 9.94. The third kappa shape index (κ3) is 5.43. The summed E-state index contributed by atoms with van der Waals surface area (Å²) < 4.78 is 5.84. The van der Waals surface area contributed by atoms with Crippen LogP contribution >= 0.6 is 11.3 Å². The topological polar surface area (TPSA) is 84.3 Å². The number of nitrogens with zero attached hydrogens (tertiary/aromatic N) is 3. The van der Waals surface area contributed by atoms with Crippen LogP contribution in [0.1, 0.15) is 35.3 Å². The second-order valence-corrected chi connectivity index (χ2v) is 7.21. The summed E-state index contributed by atoms with van der Waals surface area (Å²) in [5.74, 6) is 0.503. The zero-order valence-electron chi connectivity index (χ0n) is 15.2. The molecule has 0 bridgehead atoms. The Hall–Kier alpha value is -2.61. The van der Waals surface area contributed by atoms with Gasteiger partial charge in [-0.2, -0.15) is 0 Å². The molecule has 2 heterocycles. The van der Waals surface area contributed by atoms with Crippen LogP contribution in [-0.4, -0.2) is 49.1 Å². The highest BCUT2D eigenvalue weighted by atomic mass is 32.1. The molecule has 1 saturated heterocycles. The molecule has 1 aromatic heterocycles. The van der Waals surface area contributed by atoms with Gasteiger partial charge in [0.15, 0.2) is 10.8 Å². The van der Waals surface area contributed by atoms with Crippen molar-refractivity contribution < 1.29 is 19.5 Å². The van der Waals surface area contributed by atoms with Gasteiger partial charge in [0.1, 0.15) is 12.9 Å². The normalized spacial score (nSPS) is 15.2. The van der Waals surface area contributed by atoms with Gasteiger partial charge in [0, 0.05) is 18.5 Å². The van der Waals surface area contributed by atoms with E-state index in [-0.39, 0.29) is 5.69 Å². The Morgan fingerprint density at radius 1 is 1.37 bits per heavy atom. The van der Waals surface area contributed by atoms with Crippen molar-refractivity contribution in [3.63, 3.8) is 0 Å². The second kappa shape index (κ2) is 9.36. The van der Waals surface area contributed by atoms with Crippen molar-refractivity contribution in [2.45, 2.75) is 19.3 Å². The second-order valence-electron chi connectivity index (χ2n) is 6.37. The summed E-state index contributed by atoms with van der Waals surface area (Å²) in [6.07, 6.45) is 4.80. The van der Waals surface area contributed by atoms with Crippen molar-refractivity contribution in [1.29, 1.82) is 0 Å². The Kier molecular flexibility index (Phi) is 6.64. The lowest BCUT2D eigenvalue weighted by molar-refractivity contribution is 0.0691. The number of hydrogen-bond acceptors (Lipinski definition) is 7. The fraction of sp³-hybridized carbons (Fsp3) is 0.421. The van der Waals surface area contributed by atoms with Gasteiger partial charge in [0.05, 0.1) is 12.8 Å². The molecule has 2 aromatic rings. The quantitative estimate of drug-likeness (QED) is 0.549. The molecule has 0 aliphatic carbocycles. The van der Waals surface area contributed by atoms with Crippen LogP contribution in [0.3, 0.4) is 0 Å². The number of ether oxygens (including phenoxy) is 1. The number of aromatic nitrogens is 1. The van der Waals surface area contributed by atoms with Gasteiger partial charge in [0.25, 0.3) is 0 Å². The molecule has 0 unspecified atom stereocenters. The van der Waals surface area contributed by atoms with Gasteiger partial charge in [-0.05, 0) is 55.0 Å². The highest BCUT2D eigenvalue weighted by Crippen LogP contribution is 2.28. The molecule has 0 saturated carbocycles. The molecule has 0 spiro atoms. The Labute approximate surface area is 162 Å². The van der Waals surface area contributed by atoms with Crippen LogP contribution in [-0.2, 0) is 4.84 Å². The van der Waals surface area contributed by atoms with Crippen molar-refractivity contribution >= 4 is 28.7 Å². The number of oxime groups is 1. The first-order valence-electron chi connectivity index (χ1n) is 8.89. The van der Waals surface area contributed by atoms with Crippen LogP contribution < -0.4 is 9.64 Å². The molecule has 7 nitrogen and oxygen atoms in total. The Balaban J connectivity index is 1.39. The lowest BCUT2D eigenvalue weighted by Gasteiger charge is -2.31. The van der Waals surface area contributed by atoms with Gasteiger partial charge in [0.2, 0.25) is 0 Å². The molecule has 1 fully saturated rings. The zero-order chi connectivity index (χ0) is 19.1. The fourth-order valence-electron chi connectivity index (χ4n) is 3.03. The van der Waals surface area contributed by atoms with Gasteiger partial charge in [-0.25, -0.2) is 9.78 Å². The van der Waals surface area contributed by atoms with Gasteiger partial charge >= 0.3 is 5.97 Å². The van der Waals surface area contributed by atoms with Gasteiger partial charge in [-0.15, -0.1) is 11.3 Å². The van der Waals surface area contributed by atoms with E-state index in [1.807, 2.05) is 24.3 Å². The molecular formula is C19H23N3O4S. The molecule has 3 rings (SSSR count). The summed E-state index contributed by atoms with van der Waals surface area (Å²) in [7, 11) is 1.52. The van der Waals surface area contributed by atoms with Crippen LogP contribution in [0.4, 0.5) is 5.13 Å². The third-order valence-corrected chi connectivity index (χ3v) is 5.48. The first-order chi connectivity index (χ1) is 13.2. The predicted molar refractivity (Wildman–Crippen MR) is 105 cm³/mol. The van der Waals surface area contributed by atoms with Crippen LogP contribution in [0, 0.1) is 5.92 Å². The highest BCUT2D eigenvalue weighted by molar-refractivity contribution is 7.13. The van der Waals surface area contributed by atoms with E-state index >= 15 is 0 Å². The Bertz CT molecular complexity index is 768. The summed E-state index contributed by atoms with van der Waals surface area (Å²) in [6, 6.07) is 7.75. The minimum absolute atomic E-state index is 0.130. The van der Waals surface area contributed by atoms with E-state index in [9.17, 15) is 4.79 Å². The van der Waals surface area contributed by atoms with Crippen LogP contribution in [0.2, 0.25) is 0 Å². The molecule has 144 valence electrons. The maximum atomic E-state index is 10.9. The average Bonchev–Trinajstić information content (AvgIpc) is 3.18. The molecule has 1 aliphatic heterocycles. The SMILES string of the molecule is CO/N=C/c1ccc(OCCC2CCN(c3nc(C(=O)O)cs3)CC2)cc1. The number of thiazole rings is 1. The number of anilines is 1. The molecule has 27 heavy (non-hydrogen) atoms. The summed E-state index contributed by atoms with van der Waals surface area (Å²) >= 11 is 1.40. The molecule has 1 N–H and O–H groups in total. The largest absolute Gasteiger partial charge is 0.494 e. The third-order valence-electron chi connectivity index (χ3n) is 4.58. The molecule has 0 amide bonds. The number of piperidine rings is 1. The van der Waals surface area contributed by atoms with E-state index in [4.69, 9.17) is 9.84 Å². The van der Waals surface area contributed by atoms with Gasteiger partial charge in [-0.1, -0.05) is 5.16 Å². The molecule has 1 aliphatic rings. The van der Waals surface area contributed by atoms with E-state index in [0.717, 1.165) is 48.8 Å². The smallest absolute Gasteiger partial charge is 0.355 e. The minimum Gasteiger partial charge on any atom is -0.494 e. The molecule has 0 radical (unpaired) electrons. The number of carbonyl (C=O) groups is 1. The van der Waals surface area contributed by atoms with E-state index in [2.05, 4.69) is 19.9 Å². The van der Waals surface area contributed by atoms with Gasteiger partial charge in [-0.3, -0.25) is 0 Å². The summed E-state index contributed by atoms with van der Waals surface area (Å²) in [5, 5.41) is 15.1. The van der Waals surface area contributed by atoms with Crippen molar-refractivity contribution in [3.05, 3.63) is 40.9 Å². The lowest BCUT2D eigenvalue weighted by Crippen LogP contribution is -2.34. The van der Waals surface area contributed by atoms with Gasteiger partial charge < -0.3 is 19.6 Å². The zero-order valence-corrected chi connectivity index (χ0v) is 16.0. The number of carboxylic acid groups (broad SMARTS) is 1. The molecular weight excluding hydrogens is 366 g/mol. The van der Waals surface area contributed by atoms with Crippen LogP contribution in [0.25, 0.3) is 0 Å². The van der Waals surface area contributed by atoms with E-state index in [0.29, 0.717) is 12.5 Å². The average molecular weight is 389 g/mol. The molecule has 1 aromatic carbocycles. The molecule has 0 atom stereocenters. The van der Waals surface area contributed by atoms with Crippen LogP contribution in [0.5, 0.6) is 5.75 Å². The van der Waals surface area contributed by atoms with Crippen molar-refractivity contribution in [3.8, 4) is 5.75 Å². The number of benzene rings is 1. The monoisotopic (exact) mass is 389 g/mol. The van der Waals surface area contributed by atoms with Crippen LogP contribution in [0.15, 0.2) is 34.8 Å². The minimum atomic E-state index is -0.969. The maximum Gasteiger partial charge on any atom is 0.355 e. The predicted octanol–water partition coefficient (Wildman–Crippen LogP) is 3.51. The van der Waals surface area contributed by atoms with Crippen molar-refractivity contribution in [1.82, 2.24) is 4.98 Å². The first kappa shape index (κ1) is 19.2.